The van der Waals surface area contributed by atoms with Crippen molar-refractivity contribution in [1.82, 2.24) is 15.5 Å². The molecule has 1 aliphatic heterocycles. The van der Waals surface area contributed by atoms with E-state index in [-0.39, 0.29) is 24.8 Å². The van der Waals surface area contributed by atoms with Crippen molar-refractivity contribution in [3.8, 4) is 0 Å². The number of nitrogen functional groups attached to an aromatic ring is 1. The normalized spacial score (nSPS) is 20.5. The molecule has 0 aromatic carbocycles. The van der Waals surface area contributed by atoms with E-state index in [2.05, 4.69) is 15.5 Å². The highest BCUT2D eigenvalue weighted by atomic mass is 35.5. The summed E-state index contributed by atoms with van der Waals surface area (Å²) in [5, 5.41) is 10.1. The van der Waals surface area contributed by atoms with E-state index in [0.717, 1.165) is 30.9 Å². The molecule has 1 saturated heterocycles. The van der Waals surface area contributed by atoms with Crippen LogP contribution in [0, 0.1) is 0 Å². The lowest BCUT2D eigenvalue weighted by atomic mass is 10.0. The van der Waals surface area contributed by atoms with Crippen LogP contribution in [0.25, 0.3) is 0 Å². The molecule has 1 unspecified atom stereocenters. The Morgan fingerprint density at radius 2 is 2.23 bits per heavy atom. The lowest BCUT2D eigenvalue weighted by Crippen LogP contribution is -2.09. The van der Waals surface area contributed by atoms with Crippen LogP contribution in [0.4, 0.5) is 5.69 Å². The van der Waals surface area contributed by atoms with E-state index in [4.69, 9.17) is 5.73 Å². The van der Waals surface area contributed by atoms with Crippen LogP contribution in [-0.4, -0.2) is 23.3 Å². The minimum Gasteiger partial charge on any atom is -0.396 e. The van der Waals surface area contributed by atoms with Crippen molar-refractivity contribution in [3.05, 3.63) is 11.9 Å². The summed E-state index contributed by atoms with van der Waals surface area (Å²) in [6.45, 7) is 2.11. The van der Waals surface area contributed by atoms with Gasteiger partial charge in [-0.2, -0.15) is 5.10 Å². The first-order valence-electron chi connectivity index (χ1n) is 3.87. The van der Waals surface area contributed by atoms with Crippen molar-refractivity contribution in [1.29, 1.82) is 0 Å². The molecule has 0 amide bonds. The number of nitrogens with zero attached hydrogens (tertiary/aromatic N) is 1. The number of anilines is 1. The smallest absolute Gasteiger partial charge is 0.0733 e. The monoisotopic (exact) mass is 224 g/mol. The van der Waals surface area contributed by atoms with Gasteiger partial charge in [-0.3, -0.25) is 5.10 Å². The maximum atomic E-state index is 5.70. The molecule has 13 heavy (non-hydrogen) atoms. The van der Waals surface area contributed by atoms with E-state index in [1.165, 1.54) is 0 Å². The van der Waals surface area contributed by atoms with Gasteiger partial charge in [-0.1, -0.05) is 0 Å². The van der Waals surface area contributed by atoms with E-state index >= 15 is 0 Å². The number of hydrogen-bond acceptors (Lipinski definition) is 3. The molecule has 1 atom stereocenters. The van der Waals surface area contributed by atoms with Crippen LogP contribution in [0.2, 0.25) is 0 Å². The molecule has 4 N–H and O–H groups in total. The number of nitrogens with one attached hydrogen (secondary N) is 2. The van der Waals surface area contributed by atoms with Crippen LogP contribution in [-0.2, 0) is 0 Å². The molecule has 2 rings (SSSR count). The third-order valence-electron chi connectivity index (χ3n) is 2.17. The fourth-order valence-electron chi connectivity index (χ4n) is 1.53. The zero-order valence-electron chi connectivity index (χ0n) is 7.12. The first kappa shape index (κ1) is 12.6. The minimum atomic E-state index is 0. The fraction of sp³-hybridized carbons (Fsp3) is 0.571. The zero-order chi connectivity index (χ0) is 7.68. The van der Waals surface area contributed by atoms with E-state index in [1.807, 2.05) is 0 Å². The molecule has 0 spiro atoms. The molecule has 6 heteroatoms. The SMILES string of the molecule is Cl.Cl.Nc1cn[nH]c1C1CCNC1. The Balaban J connectivity index is 0.000000720. The number of aromatic amines is 1. The Kier molecular flexibility index (Phi) is 5.13. The summed E-state index contributed by atoms with van der Waals surface area (Å²) in [5.74, 6) is 0.539. The molecular formula is C7H14Cl2N4. The van der Waals surface area contributed by atoms with Gasteiger partial charge in [0.05, 0.1) is 17.6 Å². The van der Waals surface area contributed by atoms with E-state index < -0.39 is 0 Å². The number of aromatic nitrogens is 2. The van der Waals surface area contributed by atoms with E-state index in [1.54, 1.807) is 6.20 Å². The van der Waals surface area contributed by atoms with Gasteiger partial charge < -0.3 is 11.1 Å². The van der Waals surface area contributed by atoms with Crippen molar-refractivity contribution >= 4 is 30.5 Å². The maximum Gasteiger partial charge on any atom is 0.0733 e. The number of halogens is 2. The summed E-state index contributed by atoms with van der Waals surface area (Å²) in [5.41, 5.74) is 7.58. The summed E-state index contributed by atoms with van der Waals surface area (Å²) in [6.07, 6.45) is 2.83. The average molecular weight is 225 g/mol. The molecule has 1 aromatic rings. The fourth-order valence-corrected chi connectivity index (χ4v) is 1.53. The molecule has 0 bridgehead atoms. The van der Waals surface area contributed by atoms with Gasteiger partial charge in [0.25, 0.3) is 0 Å². The predicted molar refractivity (Wildman–Crippen MR) is 57.7 cm³/mol. The van der Waals surface area contributed by atoms with Gasteiger partial charge in [0.15, 0.2) is 0 Å². The average Bonchev–Trinajstić information content (AvgIpc) is 2.55. The van der Waals surface area contributed by atoms with Crippen LogP contribution in [0.15, 0.2) is 6.20 Å². The summed E-state index contributed by atoms with van der Waals surface area (Å²) < 4.78 is 0. The third kappa shape index (κ3) is 2.49. The molecule has 1 aromatic heterocycles. The second-order valence-electron chi connectivity index (χ2n) is 2.93. The van der Waals surface area contributed by atoms with Gasteiger partial charge >= 0.3 is 0 Å². The second-order valence-corrected chi connectivity index (χ2v) is 2.93. The Hall–Kier alpha value is -0.450. The van der Waals surface area contributed by atoms with Gasteiger partial charge in [-0.15, -0.1) is 24.8 Å². The summed E-state index contributed by atoms with van der Waals surface area (Å²) in [6, 6.07) is 0. The number of H-pyrrole nitrogens is 1. The van der Waals surface area contributed by atoms with Crippen LogP contribution in [0.5, 0.6) is 0 Å². The Morgan fingerprint density at radius 3 is 2.69 bits per heavy atom. The van der Waals surface area contributed by atoms with Crippen LogP contribution in [0.1, 0.15) is 18.0 Å². The highest BCUT2D eigenvalue weighted by Crippen LogP contribution is 2.24. The van der Waals surface area contributed by atoms with Gasteiger partial charge in [-0.25, -0.2) is 0 Å². The minimum absolute atomic E-state index is 0. The lowest BCUT2D eigenvalue weighted by molar-refractivity contribution is 0.731. The molecule has 4 nitrogen and oxygen atoms in total. The summed E-state index contributed by atoms with van der Waals surface area (Å²) in [7, 11) is 0. The van der Waals surface area contributed by atoms with E-state index in [9.17, 15) is 0 Å². The van der Waals surface area contributed by atoms with Crippen molar-refractivity contribution in [2.45, 2.75) is 12.3 Å². The van der Waals surface area contributed by atoms with Crippen LogP contribution >= 0.6 is 24.8 Å². The molecule has 0 radical (unpaired) electrons. The molecule has 1 aliphatic rings. The molecule has 76 valence electrons. The number of hydrogen-bond donors (Lipinski definition) is 3. The highest BCUT2D eigenvalue weighted by Gasteiger charge is 2.19. The number of nitrogens with two attached hydrogens (primary N) is 1. The quantitative estimate of drug-likeness (QED) is 0.665. The molecule has 1 fully saturated rings. The largest absolute Gasteiger partial charge is 0.396 e. The van der Waals surface area contributed by atoms with Gasteiger partial charge in [0.2, 0.25) is 0 Å². The Morgan fingerprint density at radius 1 is 1.46 bits per heavy atom. The Labute approximate surface area is 89.5 Å². The predicted octanol–water partition coefficient (Wildman–Crippen LogP) is 0.912. The van der Waals surface area contributed by atoms with Crippen LogP contribution < -0.4 is 11.1 Å². The topological polar surface area (TPSA) is 66.7 Å². The first-order chi connectivity index (χ1) is 5.38. The zero-order valence-corrected chi connectivity index (χ0v) is 8.75. The van der Waals surface area contributed by atoms with Gasteiger partial charge in [-0.05, 0) is 13.0 Å². The molecular weight excluding hydrogens is 211 g/mol. The summed E-state index contributed by atoms with van der Waals surface area (Å²) >= 11 is 0. The molecule has 0 aliphatic carbocycles. The third-order valence-corrected chi connectivity index (χ3v) is 2.17. The highest BCUT2D eigenvalue weighted by molar-refractivity contribution is 5.85. The Bertz CT molecular complexity index is 244. The standard InChI is InChI=1S/C7H12N4.2ClH/c8-6-4-10-11-7(6)5-1-2-9-3-5;;/h4-5,9H,1-3,8H2,(H,10,11);2*1H. The van der Waals surface area contributed by atoms with Crippen molar-refractivity contribution < 1.29 is 0 Å². The second kappa shape index (κ2) is 5.32. The van der Waals surface area contributed by atoms with Crippen molar-refractivity contribution in [2.24, 2.45) is 0 Å². The van der Waals surface area contributed by atoms with Gasteiger partial charge in [0, 0.05) is 12.5 Å². The van der Waals surface area contributed by atoms with Crippen molar-refractivity contribution in [2.75, 3.05) is 18.8 Å². The lowest BCUT2D eigenvalue weighted by Gasteiger charge is -2.04. The van der Waals surface area contributed by atoms with E-state index in [0.29, 0.717) is 5.92 Å². The molecule has 0 saturated carbocycles. The first-order valence-corrected chi connectivity index (χ1v) is 3.87. The maximum absolute atomic E-state index is 5.70. The molecule has 2 heterocycles. The summed E-state index contributed by atoms with van der Waals surface area (Å²) in [4.78, 5) is 0. The van der Waals surface area contributed by atoms with Crippen LogP contribution in [0.3, 0.4) is 0 Å². The number of rotatable bonds is 1. The van der Waals surface area contributed by atoms with Crippen molar-refractivity contribution in [3.63, 3.8) is 0 Å². The van der Waals surface area contributed by atoms with Gasteiger partial charge in [0.1, 0.15) is 0 Å².